The van der Waals surface area contributed by atoms with Crippen LogP contribution in [0.15, 0.2) is 36.5 Å². The summed E-state index contributed by atoms with van der Waals surface area (Å²) in [5, 5.41) is 23.3. The Morgan fingerprint density at radius 2 is 0.581 bits per heavy atom. The average molecular weight is 1210 g/mol. The van der Waals surface area contributed by atoms with E-state index >= 15 is 0 Å². The number of nitrogens with one attached hydrogen (secondary N) is 1. The second-order valence-electron chi connectivity index (χ2n) is 27.0. The van der Waals surface area contributed by atoms with Crippen LogP contribution in [0.25, 0.3) is 0 Å². The Morgan fingerprint density at radius 3 is 0.884 bits per heavy atom. The maximum atomic E-state index is 12.5. The van der Waals surface area contributed by atoms with Crippen LogP contribution in [0.2, 0.25) is 0 Å². The van der Waals surface area contributed by atoms with E-state index in [0.29, 0.717) is 19.4 Å². The largest absolute Gasteiger partial charge is 0.466 e. The summed E-state index contributed by atoms with van der Waals surface area (Å²) in [7, 11) is 0. The highest BCUT2D eigenvalue weighted by Crippen LogP contribution is 2.19. The first-order valence-corrected chi connectivity index (χ1v) is 39.3. The SMILES string of the molecule is CCCCCCCCCCCCCCCCCCCCC/C=C/C(O)C(CO)NC(=O)CCCCCCCCCCCCCCCCCCC/C=C\C/C=C\CCCCCCCCCCCOC(=O)CCCCCCCCCCCCCCCCC. The van der Waals surface area contributed by atoms with E-state index in [1.165, 1.54) is 366 Å². The zero-order valence-electron chi connectivity index (χ0n) is 58.3. The highest BCUT2D eigenvalue weighted by atomic mass is 16.5. The van der Waals surface area contributed by atoms with Gasteiger partial charge >= 0.3 is 5.97 Å². The van der Waals surface area contributed by atoms with Gasteiger partial charge in [0.2, 0.25) is 5.91 Å². The minimum Gasteiger partial charge on any atom is -0.466 e. The number of aliphatic hydroxyl groups excluding tert-OH is 2. The Hall–Kier alpha value is -1.92. The Bertz CT molecular complexity index is 1390. The van der Waals surface area contributed by atoms with E-state index in [4.69, 9.17) is 4.74 Å². The monoisotopic (exact) mass is 1210 g/mol. The summed E-state index contributed by atoms with van der Waals surface area (Å²) in [4.78, 5) is 24.6. The normalized spacial score (nSPS) is 12.7. The molecule has 0 aliphatic carbocycles. The second kappa shape index (κ2) is 75.5. The molecule has 0 rings (SSSR count). The number of carbonyl (C=O) groups is 2. The van der Waals surface area contributed by atoms with Crippen molar-refractivity contribution in [3.05, 3.63) is 36.5 Å². The number of hydrogen-bond acceptors (Lipinski definition) is 5. The maximum Gasteiger partial charge on any atom is 0.305 e. The van der Waals surface area contributed by atoms with Crippen LogP contribution < -0.4 is 5.32 Å². The zero-order valence-corrected chi connectivity index (χ0v) is 58.3. The van der Waals surface area contributed by atoms with Gasteiger partial charge in [-0.15, -0.1) is 0 Å². The van der Waals surface area contributed by atoms with Crippen molar-refractivity contribution in [3.8, 4) is 0 Å². The van der Waals surface area contributed by atoms with E-state index in [-0.39, 0.29) is 18.5 Å². The summed E-state index contributed by atoms with van der Waals surface area (Å²) in [6, 6.07) is -0.628. The lowest BCUT2D eigenvalue weighted by molar-refractivity contribution is -0.143. The molecule has 0 aromatic rings. The smallest absolute Gasteiger partial charge is 0.305 e. The van der Waals surface area contributed by atoms with Gasteiger partial charge < -0.3 is 20.3 Å². The third kappa shape index (κ3) is 71.2. The Labute approximate surface area is 538 Å². The molecule has 0 aliphatic heterocycles. The first-order valence-electron chi connectivity index (χ1n) is 39.3. The van der Waals surface area contributed by atoms with Gasteiger partial charge in [0, 0.05) is 12.8 Å². The van der Waals surface area contributed by atoms with Crippen LogP contribution in [-0.2, 0) is 14.3 Å². The third-order valence-electron chi connectivity index (χ3n) is 18.4. The van der Waals surface area contributed by atoms with Crippen molar-refractivity contribution in [3.63, 3.8) is 0 Å². The number of hydrogen-bond donors (Lipinski definition) is 3. The molecule has 6 heteroatoms. The van der Waals surface area contributed by atoms with Gasteiger partial charge in [0.25, 0.3) is 0 Å². The standard InChI is InChI=1S/C80H153NO5/c1-3-5-7-9-11-13-15-17-19-20-21-35-38-41-45-48-52-56-60-64-68-72-78(83)77(76-82)81-79(84)73-69-65-61-57-53-49-46-42-39-36-33-31-29-27-25-23-22-24-26-28-30-32-34-37-40-43-47-51-55-59-63-67-71-75-86-80(85)74-70-66-62-58-54-50-44-18-16-14-12-10-8-6-4-2/h26,28,32,34,68,72,77-78,82-83H,3-25,27,29-31,33,35-67,69-71,73-76H2,1-2H3,(H,81,84)/b28-26-,34-32-,72-68+. The van der Waals surface area contributed by atoms with E-state index in [0.717, 1.165) is 44.9 Å². The fourth-order valence-corrected chi connectivity index (χ4v) is 12.4. The molecule has 0 aliphatic rings. The van der Waals surface area contributed by atoms with Gasteiger partial charge in [-0.3, -0.25) is 9.59 Å². The van der Waals surface area contributed by atoms with Gasteiger partial charge in [-0.05, 0) is 64.2 Å². The van der Waals surface area contributed by atoms with Gasteiger partial charge in [0.05, 0.1) is 25.4 Å². The van der Waals surface area contributed by atoms with Crippen molar-refractivity contribution in [1.29, 1.82) is 0 Å². The topological polar surface area (TPSA) is 95.9 Å². The lowest BCUT2D eigenvalue weighted by Gasteiger charge is -2.20. The summed E-state index contributed by atoms with van der Waals surface area (Å²) in [5.41, 5.74) is 0. The van der Waals surface area contributed by atoms with Gasteiger partial charge in [-0.2, -0.15) is 0 Å². The molecule has 0 fully saturated rings. The Morgan fingerprint density at radius 1 is 0.326 bits per heavy atom. The molecule has 1 amide bonds. The number of allylic oxidation sites excluding steroid dienone is 5. The lowest BCUT2D eigenvalue weighted by atomic mass is 10.0. The number of ether oxygens (including phenoxy) is 1. The highest BCUT2D eigenvalue weighted by molar-refractivity contribution is 5.76. The number of aliphatic hydroxyl groups is 2. The number of rotatable bonds is 74. The van der Waals surface area contributed by atoms with E-state index in [1.807, 2.05) is 6.08 Å². The van der Waals surface area contributed by atoms with Crippen molar-refractivity contribution >= 4 is 11.9 Å². The molecule has 0 aromatic carbocycles. The lowest BCUT2D eigenvalue weighted by Crippen LogP contribution is -2.45. The third-order valence-corrected chi connectivity index (χ3v) is 18.4. The first kappa shape index (κ1) is 84.1. The van der Waals surface area contributed by atoms with Gasteiger partial charge in [-0.1, -0.05) is 397 Å². The van der Waals surface area contributed by atoms with Crippen LogP contribution >= 0.6 is 0 Å². The molecule has 0 radical (unpaired) electrons. The van der Waals surface area contributed by atoms with Crippen LogP contribution in [0.4, 0.5) is 0 Å². The van der Waals surface area contributed by atoms with Crippen LogP contribution in [0.3, 0.4) is 0 Å². The molecule has 0 spiro atoms. The predicted molar refractivity (Wildman–Crippen MR) is 379 cm³/mol. The van der Waals surface area contributed by atoms with Crippen molar-refractivity contribution in [2.45, 2.75) is 450 Å². The van der Waals surface area contributed by atoms with Crippen molar-refractivity contribution < 1.29 is 24.5 Å². The average Bonchev–Trinajstić information content (AvgIpc) is 3.52. The molecule has 0 aromatic heterocycles. The quantitative estimate of drug-likeness (QED) is 0.0320. The van der Waals surface area contributed by atoms with Crippen molar-refractivity contribution in [1.82, 2.24) is 5.32 Å². The van der Waals surface area contributed by atoms with Crippen molar-refractivity contribution in [2.75, 3.05) is 13.2 Å². The molecular formula is C80H153NO5. The molecule has 3 N–H and O–H groups in total. The number of esters is 1. The fraction of sp³-hybridized carbons (Fsp3) is 0.900. The molecule has 0 bridgehead atoms. The molecule has 0 heterocycles. The minimum atomic E-state index is -0.844. The Balaban J connectivity index is 3.39. The number of carbonyl (C=O) groups excluding carboxylic acids is 2. The minimum absolute atomic E-state index is 0.0176. The molecule has 0 saturated carbocycles. The van der Waals surface area contributed by atoms with E-state index in [1.54, 1.807) is 6.08 Å². The maximum absolute atomic E-state index is 12.5. The summed E-state index contributed by atoms with van der Waals surface area (Å²) < 4.78 is 5.50. The molecule has 2 atom stereocenters. The van der Waals surface area contributed by atoms with E-state index < -0.39 is 12.1 Å². The molecule has 2 unspecified atom stereocenters. The van der Waals surface area contributed by atoms with Crippen LogP contribution in [0.5, 0.6) is 0 Å². The summed E-state index contributed by atoms with van der Waals surface area (Å²) >= 11 is 0. The zero-order chi connectivity index (χ0) is 62.0. The van der Waals surface area contributed by atoms with Gasteiger partial charge in [0.1, 0.15) is 0 Å². The molecule has 86 heavy (non-hydrogen) atoms. The van der Waals surface area contributed by atoms with Crippen LogP contribution in [0.1, 0.15) is 438 Å². The molecule has 508 valence electrons. The van der Waals surface area contributed by atoms with Gasteiger partial charge in [-0.25, -0.2) is 0 Å². The predicted octanol–water partition coefficient (Wildman–Crippen LogP) is 25.8. The molecule has 0 saturated heterocycles. The van der Waals surface area contributed by atoms with E-state index in [2.05, 4.69) is 43.5 Å². The van der Waals surface area contributed by atoms with Crippen LogP contribution in [-0.4, -0.2) is 47.4 Å². The summed E-state index contributed by atoms with van der Waals surface area (Å²) in [6.07, 6.45) is 98.3. The van der Waals surface area contributed by atoms with Gasteiger partial charge in [0.15, 0.2) is 0 Å². The van der Waals surface area contributed by atoms with E-state index in [9.17, 15) is 19.8 Å². The number of unbranched alkanes of at least 4 members (excludes halogenated alkanes) is 59. The molecule has 6 nitrogen and oxygen atoms in total. The fourth-order valence-electron chi connectivity index (χ4n) is 12.4. The van der Waals surface area contributed by atoms with Crippen molar-refractivity contribution in [2.24, 2.45) is 0 Å². The van der Waals surface area contributed by atoms with Crippen LogP contribution in [0, 0.1) is 0 Å². The first-order chi connectivity index (χ1) is 42.5. The highest BCUT2D eigenvalue weighted by Gasteiger charge is 2.18. The Kier molecular flexibility index (Phi) is 73.9. The number of amides is 1. The second-order valence-corrected chi connectivity index (χ2v) is 27.0. The summed E-state index contributed by atoms with van der Waals surface area (Å²) in [6.45, 7) is 4.95. The molecular weight excluding hydrogens is 1050 g/mol. The summed E-state index contributed by atoms with van der Waals surface area (Å²) in [5.74, 6) is -0.0442.